The highest BCUT2D eigenvalue weighted by Crippen LogP contribution is 2.18. The van der Waals surface area contributed by atoms with E-state index in [1.807, 2.05) is 18.8 Å². The Hall–Kier alpha value is -0.0200. The number of hydrogen-bond acceptors (Lipinski definition) is 3. The van der Waals surface area contributed by atoms with Crippen LogP contribution in [0.1, 0.15) is 6.92 Å². The summed E-state index contributed by atoms with van der Waals surface area (Å²) in [6, 6.07) is 0.190. The molecule has 0 amide bonds. The summed E-state index contributed by atoms with van der Waals surface area (Å²) in [5.41, 5.74) is 0. The van der Waals surface area contributed by atoms with Crippen LogP contribution in [0.5, 0.6) is 0 Å². The molecular formula is C6H11NOS. The van der Waals surface area contributed by atoms with Crippen molar-refractivity contribution in [1.82, 2.24) is 4.90 Å². The maximum atomic E-state index is 10.8. The van der Waals surface area contributed by atoms with E-state index in [4.69, 9.17) is 0 Å². The third-order valence-corrected chi connectivity index (χ3v) is 2.71. The maximum absolute atomic E-state index is 10.8. The lowest BCUT2D eigenvalue weighted by Crippen LogP contribution is -2.32. The van der Waals surface area contributed by atoms with E-state index in [1.54, 1.807) is 6.92 Å². The van der Waals surface area contributed by atoms with Crippen molar-refractivity contribution in [3.63, 3.8) is 0 Å². The summed E-state index contributed by atoms with van der Waals surface area (Å²) in [6.45, 7) is 1.66. The van der Waals surface area contributed by atoms with Crippen LogP contribution in [0.2, 0.25) is 0 Å². The molecule has 0 saturated carbocycles. The summed E-state index contributed by atoms with van der Waals surface area (Å²) < 4.78 is 0. The first-order chi connectivity index (χ1) is 4.22. The fourth-order valence-electron chi connectivity index (χ4n) is 0.953. The van der Waals surface area contributed by atoms with Crippen LogP contribution in [0.3, 0.4) is 0 Å². The molecule has 1 fully saturated rings. The smallest absolute Gasteiger partial charge is 0.147 e. The number of rotatable bonds is 1. The van der Waals surface area contributed by atoms with Crippen LogP contribution in [-0.2, 0) is 4.79 Å². The Kier molecular flexibility index (Phi) is 2.13. The summed E-state index contributed by atoms with van der Waals surface area (Å²) in [7, 11) is 1.99. The first kappa shape index (κ1) is 7.09. The average Bonchev–Trinajstić information content (AvgIpc) is 2.13. The predicted octanol–water partition coefficient (Wildman–Crippen LogP) is 0.580. The maximum Gasteiger partial charge on any atom is 0.147 e. The lowest BCUT2D eigenvalue weighted by Gasteiger charge is -2.13. The Labute approximate surface area is 59.6 Å². The lowest BCUT2D eigenvalue weighted by molar-refractivity contribution is -0.120. The van der Waals surface area contributed by atoms with Gasteiger partial charge < -0.3 is 0 Å². The zero-order chi connectivity index (χ0) is 6.85. The minimum atomic E-state index is 0.190. The van der Waals surface area contributed by atoms with E-state index in [1.165, 1.54) is 0 Å². The van der Waals surface area contributed by atoms with Crippen molar-refractivity contribution in [3.8, 4) is 0 Å². The molecule has 0 spiro atoms. The molecule has 0 bridgehead atoms. The molecule has 1 heterocycles. The number of carbonyl (C=O) groups excluding carboxylic acids is 1. The summed E-state index contributed by atoms with van der Waals surface area (Å²) in [5, 5.41) is 0. The number of nitrogens with zero attached hydrogens (tertiary/aromatic N) is 1. The van der Waals surface area contributed by atoms with Gasteiger partial charge in [0.2, 0.25) is 0 Å². The van der Waals surface area contributed by atoms with E-state index < -0.39 is 0 Å². The first-order valence-corrected chi connectivity index (χ1v) is 4.15. The van der Waals surface area contributed by atoms with Gasteiger partial charge in [0.05, 0.1) is 6.04 Å². The van der Waals surface area contributed by atoms with Crippen LogP contribution in [0, 0.1) is 0 Å². The Morgan fingerprint density at radius 2 is 2.44 bits per heavy atom. The van der Waals surface area contributed by atoms with Crippen molar-refractivity contribution >= 4 is 17.5 Å². The Morgan fingerprint density at radius 1 is 1.78 bits per heavy atom. The molecule has 1 aliphatic heterocycles. The molecule has 52 valence electrons. The fourth-order valence-corrected chi connectivity index (χ4v) is 2.24. The van der Waals surface area contributed by atoms with Gasteiger partial charge in [-0.1, -0.05) is 0 Å². The Morgan fingerprint density at radius 3 is 2.67 bits per heavy atom. The molecule has 1 rings (SSSR count). The Balaban J connectivity index is 2.49. The lowest BCUT2D eigenvalue weighted by atomic mass is 10.2. The largest absolute Gasteiger partial charge is 0.298 e. The highest BCUT2D eigenvalue weighted by Gasteiger charge is 2.24. The molecular weight excluding hydrogens is 134 g/mol. The molecule has 0 aromatic heterocycles. The van der Waals surface area contributed by atoms with Crippen LogP contribution in [0.25, 0.3) is 0 Å². The number of hydrogen-bond donors (Lipinski definition) is 0. The van der Waals surface area contributed by atoms with Crippen LogP contribution in [0.15, 0.2) is 0 Å². The summed E-state index contributed by atoms with van der Waals surface area (Å²) in [5.74, 6) is 2.28. The second kappa shape index (κ2) is 2.71. The van der Waals surface area contributed by atoms with Gasteiger partial charge in [0.1, 0.15) is 5.78 Å². The topological polar surface area (TPSA) is 20.3 Å². The third-order valence-electron chi connectivity index (χ3n) is 1.57. The number of ketones is 1. The zero-order valence-electron chi connectivity index (χ0n) is 5.76. The van der Waals surface area contributed by atoms with Crippen molar-refractivity contribution in [2.75, 3.05) is 18.7 Å². The van der Waals surface area contributed by atoms with E-state index >= 15 is 0 Å². The molecule has 0 aromatic carbocycles. The van der Waals surface area contributed by atoms with Gasteiger partial charge in [-0.05, 0) is 14.0 Å². The molecule has 9 heavy (non-hydrogen) atoms. The van der Waals surface area contributed by atoms with E-state index in [0.29, 0.717) is 5.78 Å². The van der Waals surface area contributed by atoms with E-state index in [2.05, 4.69) is 4.90 Å². The van der Waals surface area contributed by atoms with E-state index in [9.17, 15) is 4.79 Å². The number of carbonyl (C=O) groups is 1. The molecule has 2 nitrogen and oxygen atoms in total. The van der Waals surface area contributed by atoms with Crippen LogP contribution < -0.4 is 0 Å². The van der Waals surface area contributed by atoms with Gasteiger partial charge in [0.25, 0.3) is 0 Å². The molecule has 1 aliphatic rings. The first-order valence-electron chi connectivity index (χ1n) is 3.00. The highest BCUT2D eigenvalue weighted by atomic mass is 32.2. The van der Waals surface area contributed by atoms with Crippen molar-refractivity contribution in [2.45, 2.75) is 13.0 Å². The highest BCUT2D eigenvalue weighted by molar-refractivity contribution is 7.99. The molecule has 3 heteroatoms. The van der Waals surface area contributed by atoms with Gasteiger partial charge in [0.15, 0.2) is 0 Å². The zero-order valence-corrected chi connectivity index (χ0v) is 6.57. The van der Waals surface area contributed by atoms with Crippen LogP contribution in [0.4, 0.5) is 0 Å². The number of thioether (sulfide) groups is 1. The molecule has 1 saturated heterocycles. The van der Waals surface area contributed by atoms with Gasteiger partial charge in [-0.15, -0.1) is 11.8 Å². The molecule has 0 N–H and O–H groups in total. The summed E-state index contributed by atoms with van der Waals surface area (Å²) in [4.78, 5) is 12.9. The monoisotopic (exact) mass is 145 g/mol. The molecule has 0 aliphatic carbocycles. The third kappa shape index (κ3) is 1.46. The second-order valence-electron chi connectivity index (χ2n) is 2.38. The standard InChI is InChI=1S/C6H11NOS/c1-5(8)6-3-9-4-7(6)2/h6H,3-4H2,1-2H3/t6-/m0/s1. The van der Waals surface area contributed by atoms with Crippen LogP contribution >= 0.6 is 11.8 Å². The SMILES string of the molecule is CC(=O)[C@@H]1CSCN1C. The summed E-state index contributed by atoms with van der Waals surface area (Å²) in [6.07, 6.45) is 0. The number of likely N-dealkylation sites (N-methyl/N-ethyl adjacent to an activating group) is 1. The average molecular weight is 145 g/mol. The Bertz CT molecular complexity index is 126. The minimum absolute atomic E-state index is 0.190. The molecule has 0 radical (unpaired) electrons. The fraction of sp³-hybridized carbons (Fsp3) is 0.833. The van der Waals surface area contributed by atoms with Crippen molar-refractivity contribution in [3.05, 3.63) is 0 Å². The minimum Gasteiger partial charge on any atom is -0.298 e. The van der Waals surface area contributed by atoms with E-state index in [-0.39, 0.29) is 6.04 Å². The molecule has 1 atom stereocenters. The molecule has 0 unspecified atom stereocenters. The van der Waals surface area contributed by atoms with Crippen molar-refractivity contribution in [2.24, 2.45) is 0 Å². The second-order valence-corrected chi connectivity index (χ2v) is 3.38. The van der Waals surface area contributed by atoms with Crippen LogP contribution in [-0.4, -0.2) is 35.4 Å². The summed E-state index contributed by atoms with van der Waals surface area (Å²) >= 11 is 1.82. The van der Waals surface area contributed by atoms with Gasteiger partial charge in [-0.2, -0.15) is 0 Å². The quantitative estimate of drug-likeness (QED) is 0.538. The van der Waals surface area contributed by atoms with Crippen molar-refractivity contribution in [1.29, 1.82) is 0 Å². The van der Waals surface area contributed by atoms with Gasteiger partial charge in [-0.3, -0.25) is 9.69 Å². The normalized spacial score (nSPS) is 28.9. The number of Topliss-reactive ketones (excluding diaryl/α,β-unsaturated/α-hetero) is 1. The predicted molar refractivity (Wildman–Crippen MR) is 39.6 cm³/mol. The van der Waals surface area contributed by atoms with Gasteiger partial charge >= 0.3 is 0 Å². The molecule has 0 aromatic rings. The van der Waals surface area contributed by atoms with Gasteiger partial charge in [0, 0.05) is 11.6 Å². The van der Waals surface area contributed by atoms with E-state index in [0.717, 1.165) is 11.6 Å². The van der Waals surface area contributed by atoms with Gasteiger partial charge in [-0.25, -0.2) is 0 Å². The van der Waals surface area contributed by atoms with Crippen molar-refractivity contribution < 1.29 is 4.79 Å².